The molecule has 3 rings (SSSR count). The van der Waals surface area contributed by atoms with Gasteiger partial charge in [0.25, 0.3) is 5.91 Å². The van der Waals surface area contributed by atoms with Gasteiger partial charge in [-0.15, -0.1) is 0 Å². The van der Waals surface area contributed by atoms with E-state index in [2.05, 4.69) is 15.6 Å². The Balaban J connectivity index is 1.70. The molecule has 0 spiro atoms. The van der Waals surface area contributed by atoms with Crippen molar-refractivity contribution in [2.45, 2.75) is 25.3 Å². The minimum Gasteiger partial charge on any atom is -0.382 e. The van der Waals surface area contributed by atoms with Crippen molar-refractivity contribution in [3.63, 3.8) is 0 Å². The number of carbonyl (C=O) groups is 1. The number of nitrogens with two attached hydrogens (primary N) is 1. The van der Waals surface area contributed by atoms with Crippen molar-refractivity contribution in [2.75, 3.05) is 16.4 Å². The minimum atomic E-state index is -0.215. The highest BCUT2D eigenvalue weighted by atomic mass is 32.1. The van der Waals surface area contributed by atoms with Crippen LogP contribution in [0.15, 0.2) is 30.3 Å². The average molecular weight is 288 g/mol. The minimum absolute atomic E-state index is 0.215. The summed E-state index contributed by atoms with van der Waals surface area (Å²) in [6, 6.07) is 9.79. The summed E-state index contributed by atoms with van der Waals surface area (Å²) in [6.07, 6.45) is 3.57. The summed E-state index contributed by atoms with van der Waals surface area (Å²) in [6.45, 7) is 0. The Bertz CT molecular complexity index is 607. The first kappa shape index (κ1) is 12.9. The van der Waals surface area contributed by atoms with Crippen molar-refractivity contribution in [3.8, 4) is 0 Å². The molecule has 0 unspecified atom stereocenters. The molecule has 1 heterocycles. The molecule has 2 aromatic rings. The van der Waals surface area contributed by atoms with Crippen LogP contribution in [0.5, 0.6) is 0 Å². The van der Waals surface area contributed by atoms with Gasteiger partial charge >= 0.3 is 0 Å². The standard InChI is InChI=1S/C14H16N4OS/c15-12-11(13(19)16-9-5-2-1-3-6-9)20-14(18-12)17-10-7-4-8-10/h1-3,5-6,10H,4,7-8,15H2,(H,16,19)(H,17,18). The Morgan fingerprint density at radius 2 is 2.05 bits per heavy atom. The van der Waals surface area contributed by atoms with Crippen LogP contribution in [0, 0.1) is 0 Å². The summed E-state index contributed by atoms with van der Waals surface area (Å²) >= 11 is 1.31. The second kappa shape index (κ2) is 5.50. The van der Waals surface area contributed by atoms with Gasteiger partial charge in [-0.2, -0.15) is 0 Å². The van der Waals surface area contributed by atoms with E-state index < -0.39 is 0 Å². The Morgan fingerprint density at radius 1 is 1.30 bits per heavy atom. The van der Waals surface area contributed by atoms with Gasteiger partial charge in [0.1, 0.15) is 10.7 Å². The first-order valence-electron chi connectivity index (χ1n) is 6.61. The first-order chi connectivity index (χ1) is 9.72. The molecular weight excluding hydrogens is 272 g/mol. The fourth-order valence-corrected chi connectivity index (χ4v) is 2.85. The van der Waals surface area contributed by atoms with Crippen LogP contribution in [0.3, 0.4) is 0 Å². The number of nitrogens with zero attached hydrogens (tertiary/aromatic N) is 1. The van der Waals surface area contributed by atoms with Crippen LogP contribution in [-0.4, -0.2) is 16.9 Å². The van der Waals surface area contributed by atoms with Gasteiger partial charge in [-0.05, 0) is 31.4 Å². The predicted octanol–water partition coefficient (Wildman–Crippen LogP) is 2.94. The van der Waals surface area contributed by atoms with Gasteiger partial charge in [0.2, 0.25) is 0 Å². The molecule has 0 atom stereocenters. The predicted molar refractivity (Wildman–Crippen MR) is 82.2 cm³/mol. The molecular formula is C14H16N4OS. The number of benzene rings is 1. The molecule has 4 N–H and O–H groups in total. The number of para-hydroxylation sites is 1. The highest BCUT2D eigenvalue weighted by Gasteiger charge is 2.21. The maximum atomic E-state index is 12.2. The average Bonchev–Trinajstić information content (AvgIpc) is 2.76. The molecule has 0 saturated heterocycles. The number of thiazole rings is 1. The summed E-state index contributed by atoms with van der Waals surface area (Å²) in [5, 5.41) is 6.85. The molecule has 1 saturated carbocycles. The van der Waals surface area contributed by atoms with Crippen LogP contribution in [0.2, 0.25) is 0 Å². The Hall–Kier alpha value is -2.08. The zero-order chi connectivity index (χ0) is 13.9. The Morgan fingerprint density at radius 3 is 2.70 bits per heavy atom. The zero-order valence-corrected chi connectivity index (χ0v) is 11.7. The summed E-state index contributed by atoms with van der Waals surface area (Å²) in [5.74, 6) is 0.0677. The van der Waals surface area contributed by atoms with Crippen molar-refractivity contribution in [1.29, 1.82) is 0 Å². The molecule has 6 heteroatoms. The largest absolute Gasteiger partial charge is 0.382 e. The quantitative estimate of drug-likeness (QED) is 0.808. The summed E-state index contributed by atoms with van der Waals surface area (Å²) in [5.41, 5.74) is 6.58. The SMILES string of the molecule is Nc1nc(NC2CCC2)sc1C(=O)Nc1ccccc1. The van der Waals surface area contributed by atoms with Crippen LogP contribution >= 0.6 is 11.3 Å². The number of carbonyl (C=O) groups excluding carboxylic acids is 1. The topological polar surface area (TPSA) is 80.0 Å². The molecule has 104 valence electrons. The molecule has 0 aliphatic heterocycles. The van der Waals surface area contributed by atoms with Crippen LogP contribution in [-0.2, 0) is 0 Å². The van der Waals surface area contributed by atoms with E-state index in [1.165, 1.54) is 17.8 Å². The third-order valence-corrected chi connectivity index (χ3v) is 4.33. The van der Waals surface area contributed by atoms with Crippen molar-refractivity contribution in [2.24, 2.45) is 0 Å². The maximum absolute atomic E-state index is 12.2. The monoisotopic (exact) mass is 288 g/mol. The van der Waals surface area contributed by atoms with E-state index in [-0.39, 0.29) is 11.7 Å². The van der Waals surface area contributed by atoms with Gasteiger partial charge < -0.3 is 16.4 Å². The smallest absolute Gasteiger partial charge is 0.269 e. The number of amides is 1. The molecule has 1 aromatic carbocycles. The lowest BCUT2D eigenvalue weighted by atomic mass is 9.93. The van der Waals surface area contributed by atoms with Crippen LogP contribution in [0.1, 0.15) is 28.9 Å². The highest BCUT2D eigenvalue weighted by molar-refractivity contribution is 7.18. The van der Waals surface area contributed by atoms with Gasteiger partial charge in [0, 0.05) is 11.7 Å². The number of aromatic nitrogens is 1. The van der Waals surface area contributed by atoms with E-state index in [9.17, 15) is 4.79 Å². The molecule has 1 amide bonds. The fourth-order valence-electron chi connectivity index (χ4n) is 1.99. The van der Waals surface area contributed by atoms with E-state index in [1.807, 2.05) is 30.3 Å². The van der Waals surface area contributed by atoms with Gasteiger partial charge in [-0.25, -0.2) is 4.98 Å². The van der Waals surface area contributed by atoms with Crippen molar-refractivity contribution >= 4 is 33.9 Å². The highest BCUT2D eigenvalue weighted by Crippen LogP contribution is 2.29. The summed E-state index contributed by atoms with van der Waals surface area (Å²) in [7, 11) is 0. The van der Waals surface area contributed by atoms with Gasteiger partial charge in [-0.3, -0.25) is 4.79 Å². The lowest BCUT2D eigenvalue weighted by Gasteiger charge is -2.25. The number of hydrogen-bond acceptors (Lipinski definition) is 5. The van der Waals surface area contributed by atoms with Crippen molar-refractivity contribution < 1.29 is 4.79 Å². The van der Waals surface area contributed by atoms with Crippen LogP contribution in [0.4, 0.5) is 16.6 Å². The number of hydrogen-bond donors (Lipinski definition) is 3. The second-order valence-corrected chi connectivity index (χ2v) is 5.82. The van der Waals surface area contributed by atoms with Crippen LogP contribution in [0.25, 0.3) is 0 Å². The molecule has 1 aliphatic rings. The third-order valence-electron chi connectivity index (χ3n) is 3.32. The molecule has 0 radical (unpaired) electrons. The summed E-state index contributed by atoms with van der Waals surface area (Å²) < 4.78 is 0. The molecule has 0 bridgehead atoms. The fraction of sp³-hybridized carbons (Fsp3) is 0.286. The molecule has 1 aliphatic carbocycles. The van der Waals surface area contributed by atoms with E-state index in [0.29, 0.717) is 10.9 Å². The Labute approximate surface area is 121 Å². The van der Waals surface area contributed by atoms with Gasteiger partial charge in [-0.1, -0.05) is 29.5 Å². The van der Waals surface area contributed by atoms with E-state index in [0.717, 1.165) is 23.7 Å². The number of nitrogen functional groups attached to an aromatic ring is 1. The van der Waals surface area contributed by atoms with Crippen molar-refractivity contribution in [1.82, 2.24) is 4.98 Å². The summed E-state index contributed by atoms with van der Waals surface area (Å²) in [4.78, 5) is 16.8. The van der Waals surface area contributed by atoms with Crippen LogP contribution < -0.4 is 16.4 Å². The number of nitrogens with one attached hydrogen (secondary N) is 2. The third kappa shape index (κ3) is 2.75. The number of rotatable bonds is 4. The number of anilines is 3. The second-order valence-electron chi connectivity index (χ2n) is 4.83. The van der Waals surface area contributed by atoms with E-state index in [1.54, 1.807) is 0 Å². The molecule has 1 aromatic heterocycles. The lowest BCUT2D eigenvalue weighted by molar-refractivity contribution is 0.103. The van der Waals surface area contributed by atoms with Crippen molar-refractivity contribution in [3.05, 3.63) is 35.2 Å². The zero-order valence-electron chi connectivity index (χ0n) is 10.9. The van der Waals surface area contributed by atoms with E-state index >= 15 is 0 Å². The molecule has 5 nitrogen and oxygen atoms in total. The van der Waals surface area contributed by atoms with E-state index in [4.69, 9.17) is 5.73 Å². The Kier molecular flexibility index (Phi) is 3.56. The first-order valence-corrected chi connectivity index (χ1v) is 7.43. The van der Waals surface area contributed by atoms with Gasteiger partial charge in [0.15, 0.2) is 5.13 Å². The lowest BCUT2D eigenvalue weighted by Crippen LogP contribution is -2.26. The molecule has 20 heavy (non-hydrogen) atoms. The maximum Gasteiger partial charge on any atom is 0.269 e. The molecule has 1 fully saturated rings. The van der Waals surface area contributed by atoms with Gasteiger partial charge in [0.05, 0.1) is 0 Å². The normalized spacial score (nSPS) is 14.6.